The third-order valence-electron chi connectivity index (χ3n) is 3.05. The Hall–Kier alpha value is -1.89. The molecule has 1 aliphatic carbocycles. The number of ketones is 1. The molecule has 0 spiro atoms. The van der Waals surface area contributed by atoms with E-state index in [4.69, 9.17) is 4.74 Å². The molecule has 0 heterocycles. The van der Waals surface area contributed by atoms with Crippen LogP contribution in [0.4, 0.5) is 5.69 Å². The molecule has 6 nitrogen and oxygen atoms in total. The predicted molar refractivity (Wildman–Crippen MR) is 77.5 cm³/mol. The van der Waals surface area contributed by atoms with E-state index in [-0.39, 0.29) is 17.7 Å². The average Bonchev–Trinajstić information content (AvgIpc) is 3.21. The highest BCUT2D eigenvalue weighted by atomic mass is 32.2. The number of nitrogens with one attached hydrogen (secondary N) is 1. The maximum Gasteiger partial charge on any atom is 0.309 e. The minimum Gasteiger partial charge on any atom is -0.454 e. The van der Waals surface area contributed by atoms with Crippen molar-refractivity contribution < 1.29 is 22.7 Å². The molecule has 21 heavy (non-hydrogen) atoms. The van der Waals surface area contributed by atoms with Gasteiger partial charge in [0.2, 0.25) is 15.8 Å². The van der Waals surface area contributed by atoms with Crippen LogP contribution in [0.25, 0.3) is 0 Å². The van der Waals surface area contributed by atoms with Crippen molar-refractivity contribution in [3.8, 4) is 0 Å². The second kappa shape index (κ2) is 5.85. The highest BCUT2D eigenvalue weighted by Crippen LogP contribution is 2.30. The van der Waals surface area contributed by atoms with Gasteiger partial charge in [0.05, 0.1) is 12.2 Å². The van der Waals surface area contributed by atoms with Crippen molar-refractivity contribution in [3.05, 3.63) is 29.8 Å². The van der Waals surface area contributed by atoms with Gasteiger partial charge in [0, 0.05) is 11.3 Å². The second-order valence-electron chi connectivity index (χ2n) is 5.17. The number of hydrogen-bond donors (Lipinski definition) is 1. The second-order valence-corrected chi connectivity index (χ2v) is 6.92. The molecule has 1 aliphatic rings. The minimum absolute atomic E-state index is 0.0541. The lowest BCUT2D eigenvalue weighted by Crippen LogP contribution is -2.25. The van der Waals surface area contributed by atoms with E-state index in [1.807, 2.05) is 0 Å². The van der Waals surface area contributed by atoms with Crippen LogP contribution in [-0.4, -0.2) is 32.5 Å². The van der Waals surface area contributed by atoms with Crippen LogP contribution in [0.5, 0.6) is 0 Å². The molecule has 0 bridgehead atoms. The van der Waals surface area contributed by atoms with E-state index in [0.717, 1.165) is 19.1 Å². The van der Waals surface area contributed by atoms with Crippen molar-refractivity contribution in [2.24, 2.45) is 5.92 Å². The standard InChI is InChI=1S/C14H17NO5S/c1-9(20-14(17)11-3-4-11)13(16)10-5-7-12(8-6-10)15-21(2,18)19/h5-9,11,15H,3-4H2,1-2H3/t9-/m0/s1. The molecule has 1 N–H and O–H groups in total. The van der Waals surface area contributed by atoms with Crippen LogP contribution in [0, 0.1) is 5.92 Å². The van der Waals surface area contributed by atoms with Crippen LogP contribution < -0.4 is 4.72 Å². The quantitative estimate of drug-likeness (QED) is 0.636. The first-order chi connectivity index (χ1) is 9.76. The Morgan fingerprint density at radius 3 is 2.29 bits per heavy atom. The average molecular weight is 311 g/mol. The Labute approximate surface area is 123 Å². The Morgan fingerprint density at radius 1 is 1.24 bits per heavy atom. The first-order valence-corrected chi connectivity index (χ1v) is 8.48. The molecule has 0 unspecified atom stereocenters. The van der Waals surface area contributed by atoms with Crippen molar-refractivity contribution in [2.75, 3.05) is 11.0 Å². The molecule has 0 saturated heterocycles. The number of esters is 1. The Kier molecular flexibility index (Phi) is 4.32. The fraction of sp³-hybridized carbons (Fsp3) is 0.429. The summed E-state index contributed by atoms with van der Waals surface area (Å²) < 4.78 is 29.6. The molecule has 0 radical (unpaired) electrons. The van der Waals surface area contributed by atoms with Gasteiger partial charge in [-0.3, -0.25) is 14.3 Å². The largest absolute Gasteiger partial charge is 0.454 e. The number of anilines is 1. The van der Waals surface area contributed by atoms with Crippen molar-refractivity contribution in [3.63, 3.8) is 0 Å². The predicted octanol–water partition coefficient (Wildman–Crippen LogP) is 1.58. The molecular formula is C14H17NO5S. The van der Waals surface area contributed by atoms with Gasteiger partial charge < -0.3 is 4.74 Å². The van der Waals surface area contributed by atoms with Gasteiger partial charge in [0.15, 0.2) is 6.10 Å². The zero-order chi connectivity index (χ0) is 15.6. The molecule has 114 valence electrons. The summed E-state index contributed by atoms with van der Waals surface area (Å²) in [6.45, 7) is 1.53. The lowest BCUT2D eigenvalue weighted by molar-refractivity contribution is -0.147. The smallest absolute Gasteiger partial charge is 0.309 e. The van der Waals surface area contributed by atoms with Crippen molar-refractivity contribution in [2.45, 2.75) is 25.9 Å². The zero-order valence-electron chi connectivity index (χ0n) is 11.8. The Bertz CT molecular complexity index is 646. The highest BCUT2D eigenvalue weighted by Gasteiger charge is 2.33. The summed E-state index contributed by atoms with van der Waals surface area (Å²) in [5.41, 5.74) is 0.738. The van der Waals surface area contributed by atoms with Gasteiger partial charge in [-0.25, -0.2) is 8.42 Å². The Balaban J connectivity index is 2.00. The maximum absolute atomic E-state index is 12.1. The van der Waals surface area contributed by atoms with Gasteiger partial charge in [0.1, 0.15) is 0 Å². The number of rotatable bonds is 6. The van der Waals surface area contributed by atoms with E-state index in [2.05, 4.69) is 4.72 Å². The van der Waals surface area contributed by atoms with Gasteiger partial charge in [0.25, 0.3) is 0 Å². The molecule has 2 rings (SSSR count). The zero-order valence-corrected chi connectivity index (χ0v) is 12.6. The molecule has 0 aromatic heterocycles. The maximum atomic E-state index is 12.1. The highest BCUT2D eigenvalue weighted by molar-refractivity contribution is 7.92. The van der Waals surface area contributed by atoms with E-state index >= 15 is 0 Å². The molecule has 0 aliphatic heterocycles. The molecule has 1 aromatic carbocycles. The summed E-state index contributed by atoms with van der Waals surface area (Å²) >= 11 is 0. The van der Waals surface area contributed by atoms with E-state index in [1.165, 1.54) is 31.2 Å². The summed E-state index contributed by atoms with van der Waals surface area (Å²) in [4.78, 5) is 23.6. The lowest BCUT2D eigenvalue weighted by Gasteiger charge is -2.12. The van der Waals surface area contributed by atoms with Crippen molar-refractivity contribution >= 4 is 27.5 Å². The van der Waals surface area contributed by atoms with Gasteiger partial charge >= 0.3 is 5.97 Å². The van der Waals surface area contributed by atoms with Crippen molar-refractivity contribution in [1.82, 2.24) is 0 Å². The number of carbonyl (C=O) groups is 2. The number of hydrogen-bond acceptors (Lipinski definition) is 5. The molecule has 1 aromatic rings. The van der Waals surface area contributed by atoms with Gasteiger partial charge in [-0.2, -0.15) is 0 Å². The van der Waals surface area contributed by atoms with Crippen LogP contribution in [0.1, 0.15) is 30.1 Å². The van der Waals surface area contributed by atoms with Crippen LogP contribution in [0.2, 0.25) is 0 Å². The fourth-order valence-corrected chi connectivity index (χ4v) is 2.36. The van der Waals surface area contributed by atoms with Crippen LogP contribution in [0.15, 0.2) is 24.3 Å². The fourth-order valence-electron chi connectivity index (χ4n) is 1.79. The van der Waals surface area contributed by atoms with Crippen molar-refractivity contribution in [1.29, 1.82) is 0 Å². The molecule has 1 atom stereocenters. The van der Waals surface area contributed by atoms with E-state index < -0.39 is 16.1 Å². The number of sulfonamides is 1. The third kappa shape index (κ3) is 4.56. The first kappa shape index (κ1) is 15.5. The monoisotopic (exact) mass is 311 g/mol. The molecule has 7 heteroatoms. The first-order valence-electron chi connectivity index (χ1n) is 6.59. The number of ether oxygens (including phenoxy) is 1. The molecule has 1 fully saturated rings. The van der Waals surface area contributed by atoms with E-state index in [0.29, 0.717) is 11.3 Å². The van der Waals surface area contributed by atoms with Gasteiger partial charge in [-0.1, -0.05) is 0 Å². The number of Topliss-reactive ketones (excluding diaryl/α,β-unsaturated/α-hetero) is 1. The van der Waals surface area contributed by atoms with Crippen LogP contribution in [0.3, 0.4) is 0 Å². The molecule has 0 amide bonds. The summed E-state index contributed by atoms with van der Waals surface area (Å²) in [6.07, 6.45) is 1.86. The summed E-state index contributed by atoms with van der Waals surface area (Å²) in [6, 6.07) is 5.97. The van der Waals surface area contributed by atoms with E-state index in [9.17, 15) is 18.0 Å². The molecule has 1 saturated carbocycles. The van der Waals surface area contributed by atoms with Gasteiger partial charge in [-0.15, -0.1) is 0 Å². The molecular weight excluding hydrogens is 294 g/mol. The number of carbonyl (C=O) groups excluding carboxylic acids is 2. The normalized spacial score (nSPS) is 16.1. The minimum atomic E-state index is -3.35. The summed E-state index contributed by atoms with van der Waals surface area (Å²) in [5.74, 6) is -0.692. The summed E-state index contributed by atoms with van der Waals surface area (Å²) in [5, 5.41) is 0. The Morgan fingerprint density at radius 2 is 1.81 bits per heavy atom. The number of benzene rings is 1. The third-order valence-corrected chi connectivity index (χ3v) is 3.65. The lowest BCUT2D eigenvalue weighted by atomic mass is 10.1. The van der Waals surface area contributed by atoms with Crippen LogP contribution >= 0.6 is 0 Å². The van der Waals surface area contributed by atoms with Gasteiger partial charge in [-0.05, 0) is 44.0 Å². The van der Waals surface area contributed by atoms with E-state index in [1.54, 1.807) is 0 Å². The SMILES string of the molecule is C[C@H](OC(=O)C1CC1)C(=O)c1ccc(NS(C)(=O)=O)cc1. The van der Waals surface area contributed by atoms with Crippen LogP contribution in [-0.2, 0) is 19.6 Å². The topological polar surface area (TPSA) is 89.5 Å². The summed E-state index contributed by atoms with van der Waals surface area (Å²) in [7, 11) is -3.35.